The summed E-state index contributed by atoms with van der Waals surface area (Å²) < 4.78 is 23.0. The molecule has 2 aromatic heterocycles. The van der Waals surface area contributed by atoms with E-state index >= 15 is 0 Å². The number of primary sulfonamides is 1. The van der Waals surface area contributed by atoms with Gasteiger partial charge in [-0.05, 0) is 48.5 Å². The Balaban J connectivity index is 1.46. The number of sulfonamides is 1. The number of pyridine rings is 1. The quantitative estimate of drug-likeness (QED) is 0.373. The number of anilines is 3. The molecule has 0 radical (unpaired) electrons. The van der Waals surface area contributed by atoms with E-state index in [9.17, 15) is 8.42 Å². The summed E-state index contributed by atoms with van der Waals surface area (Å²) in [6.07, 6.45) is 3.50. The maximum Gasteiger partial charge on any atom is 0.238 e. The number of hydrogen-bond donors (Lipinski definition) is 3. The number of aromatic nitrogens is 3. The Morgan fingerprint density at radius 3 is 2.57 bits per heavy atom. The molecule has 0 unspecified atom stereocenters. The van der Waals surface area contributed by atoms with Crippen molar-refractivity contribution in [2.24, 2.45) is 5.14 Å². The van der Waals surface area contributed by atoms with Crippen LogP contribution in [-0.2, 0) is 10.0 Å². The molecule has 4 aromatic rings. The number of halogens is 1. The van der Waals surface area contributed by atoms with Gasteiger partial charge in [-0.1, -0.05) is 18.2 Å². The van der Waals surface area contributed by atoms with E-state index in [0.29, 0.717) is 28.7 Å². The molecule has 11 heteroatoms. The molecule has 0 bridgehead atoms. The van der Waals surface area contributed by atoms with Crippen LogP contribution in [0.3, 0.4) is 0 Å². The third-order valence-corrected chi connectivity index (χ3v) is 6.76. The second-order valence-corrected chi connectivity index (χ2v) is 10.1. The Labute approximate surface area is 207 Å². The maximum atomic E-state index is 11.5. The lowest BCUT2D eigenvalue weighted by molar-refractivity contribution is 0.598. The van der Waals surface area contributed by atoms with E-state index in [4.69, 9.17) is 21.7 Å². The molecule has 0 saturated carbocycles. The Kier molecular flexibility index (Phi) is 6.01. The van der Waals surface area contributed by atoms with E-state index in [-0.39, 0.29) is 4.90 Å². The Morgan fingerprint density at radius 2 is 1.89 bits per heavy atom. The van der Waals surface area contributed by atoms with Gasteiger partial charge in [0.25, 0.3) is 0 Å². The Morgan fingerprint density at radius 1 is 1.09 bits per heavy atom. The second kappa shape index (κ2) is 9.14. The molecule has 9 nitrogen and oxygen atoms in total. The predicted octanol–water partition coefficient (Wildman–Crippen LogP) is 3.66. The molecule has 0 aliphatic carbocycles. The fourth-order valence-corrected chi connectivity index (χ4v) is 4.65. The van der Waals surface area contributed by atoms with E-state index in [1.54, 1.807) is 24.4 Å². The van der Waals surface area contributed by atoms with Crippen molar-refractivity contribution in [1.82, 2.24) is 20.3 Å². The smallest absolute Gasteiger partial charge is 0.238 e. The first-order chi connectivity index (χ1) is 16.8. The maximum absolute atomic E-state index is 11.5. The van der Waals surface area contributed by atoms with Crippen LogP contribution in [0.5, 0.6) is 0 Å². The van der Waals surface area contributed by atoms with Gasteiger partial charge in [0.15, 0.2) is 0 Å². The van der Waals surface area contributed by atoms with Gasteiger partial charge in [0.05, 0.1) is 17.0 Å². The normalized spacial score (nSPS) is 14.1. The van der Waals surface area contributed by atoms with Gasteiger partial charge in [-0.2, -0.15) is 0 Å². The second-order valence-electron chi connectivity index (χ2n) is 8.14. The van der Waals surface area contributed by atoms with Gasteiger partial charge >= 0.3 is 0 Å². The minimum absolute atomic E-state index is 0.0282. The van der Waals surface area contributed by atoms with Crippen LogP contribution in [-0.4, -0.2) is 43.0 Å². The third kappa shape index (κ3) is 5.04. The van der Waals surface area contributed by atoms with Crippen molar-refractivity contribution in [2.45, 2.75) is 4.90 Å². The van der Waals surface area contributed by atoms with Crippen LogP contribution in [0.15, 0.2) is 78.1 Å². The van der Waals surface area contributed by atoms with Crippen LogP contribution in [0, 0.1) is 0 Å². The van der Waals surface area contributed by atoms with Crippen molar-refractivity contribution >= 4 is 50.0 Å². The van der Waals surface area contributed by atoms with Crippen LogP contribution >= 0.6 is 11.6 Å². The fourth-order valence-electron chi connectivity index (χ4n) is 3.91. The fraction of sp³-hybridized carbons (Fsp3) is 0.125. The zero-order valence-electron chi connectivity index (χ0n) is 18.6. The zero-order valence-corrected chi connectivity index (χ0v) is 20.1. The topological polar surface area (TPSA) is 126 Å². The molecule has 35 heavy (non-hydrogen) atoms. The lowest BCUT2D eigenvalue weighted by atomic mass is 10.0. The number of nitrogens with one attached hydrogen (secondary N) is 2. The summed E-state index contributed by atoms with van der Waals surface area (Å²) in [4.78, 5) is 15.9. The molecular weight excluding hydrogens is 486 g/mol. The van der Waals surface area contributed by atoms with Gasteiger partial charge in [0, 0.05) is 58.4 Å². The zero-order chi connectivity index (χ0) is 24.6. The van der Waals surface area contributed by atoms with E-state index in [0.717, 1.165) is 41.1 Å². The van der Waals surface area contributed by atoms with E-state index < -0.39 is 10.0 Å². The van der Waals surface area contributed by atoms with Crippen molar-refractivity contribution in [2.75, 3.05) is 29.9 Å². The molecule has 1 saturated heterocycles. The summed E-state index contributed by atoms with van der Waals surface area (Å²) in [7, 11) is -3.76. The Hall–Kier alpha value is -3.73. The van der Waals surface area contributed by atoms with Crippen LogP contribution < -0.4 is 20.7 Å². The lowest BCUT2D eigenvalue weighted by Crippen LogP contribution is -2.42. The number of nitrogens with zero attached hydrogens (tertiary/aromatic N) is 4. The molecular formula is C24H22ClN7O2S. The first-order valence-corrected chi connectivity index (χ1v) is 12.7. The monoisotopic (exact) mass is 507 g/mol. The van der Waals surface area contributed by atoms with Gasteiger partial charge < -0.3 is 15.5 Å². The molecule has 1 fully saturated rings. The molecule has 4 N–H and O–H groups in total. The standard InChI is InChI=1S/C24H22ClN7O2S/c1-15-14-32(9-8-27-15)22-7-2-16(12-28-22)21-11-18(25)10-17-13-29-24(31-23(17)21)30-19-3-5-20(6-4-19)35(26,33)34/h2-7,10-13,27H,1,8-9,14H2,(H2,26,33,34)(H,29,30,31). The van der Waals surface area contributed by atoms with Crippen LogP contribution in [0.25, 0.3) is 22.0 Å². The molecule has 1 aliphatic heterocycles. The van der Waals surface area contributed by atoms with E-state index in [1.807, 2.05) is 24.4 Å². The molecule has 0 amide bonds. The highest BCUT2D eigenvalue weighted by Crippen LogP contribution is 2.32. The number of nitrogens with two attached hydrogens (primary N) is 1. The molecule has 5 rings (SSSR count). The lowest BCUT2D eigenvalue weighted by Gasteiger charge is -2.30. The van der Waals surface area contributed by atoms with Gasteiger partial charge in [-0.25, -0.2) is 28.5 Å². The van der Waals surface area contributed by atoms with Gasteiger partial charge in [0.2, 0.25) is 16.0 Å². The van der Waals surface area contributed by atoms with Gasteiger partial charge in [-0.15, -0.1) is 0 Å². The molecule has 1 aliphatic rings. The molecule has 0 atom stereocenters. The molecule has 0 spiro atoms. The van der Waals surface area contributed by atoms with Crippen LogP contribution in [0.1, 0.15) is 0 Å². The van der Waals surface area contributed by atoms with Crippen molar-refractivity contribution < 1.29 is 8.42 Å². The number of benzene rings is 2. The van der Waals surface area contributed by atoms with Crippen molar-refractivity contribution in [1.29, 1.82) is 0 Å². The summed E-state index contributed by atoms with van der Waals surface area (Å²) in [5, 5.41) is 12.9. The highest BCUT2D eigenvalue weighted by molar-refractivity contribution is 7.89. The highest BCUT2D eigenvalue weighted by atomic mass is 35.5. The minimum Gasteiger partial charge on any atom is -0.386 e. The van der Waals surface area contributed by atoms with Gasteiger partial charge in [-0.3, -0.25) is 0 Å². The van der Waals surface area contributed by atoms with Crippen LogP contribution in [0.4, 0.5) is 17.5 Å². The van der Waals surface area contributed by atoms with E-state index in [2.05, 4.69) is 32.1 Å². The number of fused-ring (bicyclic) bond motifs is 1. The van der Waals surface area contributed by atoms with Crippen LogP contribution in [0.2, 0.25) is 5.02 Å². The average molecular weight is 508 g/mol. The summed E-state index contributed by atoms with van der Waals surface area (Å²) in [6, 6.07) is 13.7. The largest absolute Gasteiger partial charge is 0.386 e. The minimum atomic E-state index is -3.76. The highest BCUT2D eigenvalue weighted by Gasteiger charge is 2.15. The SMILES string of the molecule is C=C1CN(c2ccc(-c3cc(Cl)cc4cnc(Nc5ccc(S(N)(=O)=O)cc5)nc34)cn2)CCN1. The van der Waals surface area contributed by atoms with E-state index in [1.165, 1.54) is 12.1 Å². The molecule has 3 heterocycles. The summed E-state index contributed by atoms with van der Waals surface area (Å²) in [5.74, 6) is 1.23. The number of piperazine rings is 1. The number of hydrogen-bond acceptors (Lipinski definition) is 8. The summed E-state index contributed by atoms with van der Waals surface area (Å²) in [5.41, 5.74) is 4.00. The van der Waals surface area contributed by atoms with Crippen molar-refractivity contribution in [3.8, 4) is 11.1 Å². The molecule has 178 valence electrons. The Bertz CT molecular complexity index is 1520. The summed E-state index contributed by atoms with van der Waals surface area (Å²) >= 11 is 6.39. The van der Waals surface area contributed by atoms with Crippen molar-refractivity contribution in [3.63, 3.8) is 0 Å². The first kappa shape index (κ1) is 23.0. The van der Waals surface area contributed by atoms with Crippen molar-refractivity contribution in [3.05, 3.63) is 78.2 Å². The van der Waals surface area contributed by atoms with Gasteiger partial charge in [0.1, 0.15) is 5.82 Å². The average Bonchev–Trinajstić information content (AvgIpc) is 2.84. The third-order valence-electron chi connectivity index (χ3n) is 5.61. The number of rotatable bonds is 5. The first-order valence-electron chi connectivity index (χ1n) is 10.8. The molecule has 2 aromatic carbocycles. The summed E-state index contributed by atoms with van der Waals surface area (Å²) in [6.45, 7) is 6.40. The predicted molar refractivity (Wildman–Crippen MR) is 138 cm³/mol.